The van der Waals surface area contributed by atoms with Gasteiger partial charge in [-0.15, -0.1) is 0 Å². The molecule has 0 amide bonds. The lowest BCUT2D eigenvalue weighted by Gasteiger charge is -2.23. The van der Waals surface area contributed by atoms with Gasteiger partial charge in [-0.3, -0.25) is 0 Å². The lowest BCUT2D eigenvalue weighted by Crippen LogP contribution is -2.09. The molecule has 4 heterocycles. The molecule has 0 spiro atoms. The van der Waals surface area contributed by atoms with Crippen LogP contribution in [0.5, 0.6) is 0 Å². The van der Waals surface area contributed by atoms with Gasteiger partial charge in [-0.1, -0.05) is 97.1 Å². The van der Waals surface area contributed by atoms with Crippen molar-refractivity contribution >= 4 is 54.8 Å². The molecule has 3 aliphatic rings. The Morgan fingerprint density at radius 3 is 2.34 bits per heavy atom. The number of pyridine rings is 3. The number of hydrogen-bond acceptors (Lipinski definition) is 4. The van der Waals surface area contributed by atoms with E-state index in [1.54, 1.807) is 0 Å². The van der Waals surface area contributed by atoms with Crippen LogP contribution >= 0.6 is 0 Å². The zero-order valence-corrected chi connectivity index (χ0v) is 25.9. The maximum Gasteiger partial charge on any atom is 0.139 e. The Balaban J connectivity index is 1.04. The average molecular weight is 606 g/mol. The normalized spacial score (nSPS) is 17.2. The molecule has 0 radical (unpaired) electrons. The van der Waals surface area contributed by atoms with Crippen LogP contribution in [0, 0.1) is 0 Å². The molecule has 47 heavy (non-hydrogen) atoms. The molecular weight excluding hydrogens is 574 g/mol. The van der Waals surface area contributed by atoms with E-state index in [4.69, 9.17) is 19.4 Å². The van der Waals surface area contributed by atoms with Gasteiger partial charge in [0.25, 0.3) is 0 Å². The fourth-order valence-corrected chi connectivity index (χ4v) is 7.79. The molecule has 0 bridgehead atoms. The van der Waals surface area contributed by atoms with Gasteiger partial charge in [0.15, 0.2) is 0 Å². The van der Waals surface area contributed by atoms with Crippen LogP contribution in [0.15, 0.2) is 126 Å². The van der Waals surface area contributed by atoms with E-state index < -0.39 is 0 Å². The minimum atomic E-state index is 0.186. The third-order valence-electron chi connectivity index (χ3n) is 10.2. The van der Waals surface area contributed by atoms with Crippen LogP contribution in [0.3, 0.4) is 0 Å². The molecule has 4 heteroatoms. The first-order chi connectivity index (χ1) is 23.3. The topological polar surface area (TPSA) is 51.8 Å². The number of rotatable bonds is 3. The molecule has 1 unspecified atom stereocenters. The van der Waals surface area contributed by atoms with E-state index in [2.05, 4.69) is 121 Å². The summed E-state index contributed by atoms with van der Waals surface area (Å²) in [4.78, 5) is 15.7. The molecular formula is C43H31N3O. The second kappa shape index (κ2) is 10.5. The molecule has 7 aromatic rings. The summed E-state index contributed by atoms with van der Waals surface area (Å²) in [5.41, 5.74) is 13.4. The van der Waals surface area contributed by atoms with Crippen LogP contribution in [-0.4, -0.2) is 15.0 Å². The van der Waals surface area contributed by atoms with Crippen molar-refractivity contribution < 1.29 is 4.42 Å². The van der Waals surface area contributed by atoms with Gasteiger partial charge in [0, 0.05) is 44.3 Å². The Hall–Kier alpha value is -5.61. The Bertz CT molecular complexity index is 2560. The molecule has 10 rings (SSSR count). The minimum absolute atomic E-state index is 0.186. The van der Waals surface area contributed by atoms with E-state index >= 15 is 0 Å². The average Bonchev–Trinajstić information content (AvgIpc) is 3.53. The Labute approximate surface area is 272 Å². The monoisotopic (exact) mass is 605 g/mol. The summed E-state index contributed by atoms with van der Waals surface area (Å²) in [5, 5.41) is 4.63. The fourth-order valence-electron chi connectivity index (χ4n) is 7.79. The highest BCUT2D eigenvalue weighted by atomic mass is 16.3. The van der Waals surface area contributed by atoms with Crippen molar-refractivity contribution in [1.29, 1.82) is 0 Å². The molecule has 0 fully saturated rings. The predicted octanol–water partition coefficient (Wildman–Crippen LogP) is 10.7. The molecule has 0 saturated heterocycles. The van der Waals surface area contributed by atoms with Crippen molar-refractivity contribution in [2.75, 3.05) is 0 Å². The molecule has 0 saturated carbocycles. The molecule has 1 atom stereocenters. The van der Waals surface area contributed by atoms with E-state index in [0.29, 0.717) is 0 Å². The van der Waals surface area contributed by atoms with Crippen LogP contribution in [0.1, 0.15) is 53.4 Å². The number of hydrogen-bond donors (Lipinski definition) is 0. The van der Waals surface area contributed by atoms with Gasteiger partial charge in [0.05, 0.1) is 27.9 Å². The molecule has 3 aliphatic carbocycles. The van der Waals surface area contributed by atoms with Gasteiger partial charge in [-0.25, -0.2) is 15.0 Å². The van der Waals surface area contributed by atoms with E-state index in [9.17, 15) is 0 Å². The number of fused-ring (bicyclic) bond motifs is 10. The molecule has 4 nitrogen and oxygen atoms in total. The predicted molar refractivity (Wildman–Crippen MR) is 192 cm³/mol. The molecule has 0 aliphatic heterocycles. The quantitative estimate of drug-likeness (QED) is 0.188. The van der Waals surface area contributed by atoms with Crippen LogP contribution in [0.25, 0.3) is 66.1 Å². The number of furan rings is 1. The maximum absolute atomic E-state index is 6.57. The minimum Gasteiger partial charge on any atom is -0.456 e. The number of para-hydroxylation sites is 2. The maximum atomic E-state index is 6.57. The van der Waals surface area contributed by atoms with E-state index in [1.807, 2.05) is 0 Å². The fraction of sp³-hybridized carbons (Fsp3) is 0.140. The smallest absolute Gasteiger partial charge is 0.139 e. The number of aryl methyl sites for hydroxylation is 1. The van der Waals surface area contributed by atoms with E-state index in [-0.39, 0.29) is 5.92 Å². The zero-order chi connectivity index (χ0) is 30.9. The lowest BCUT2D eigenvalue weighted by atomic mass is 9.83. The largest absolute Gasteiger partial charge is 0.456 e. The van der Waals surface area contributed by atoms with Gasteiger partial charge < -0.3 is 4.42 Å². The van der Waals surface area contributed by atoms with E-state index in [0.717, 1.165) is 93.2 Å². The molecule has 3 aromatic carbocycles. The zero-order valence-electron chi connectivity index (χ0n) is 25.9. The van der Waals surface area contributed by atoms with Gasteiger partial charge >= 0.3 is 0 Å². The van der Waals surface area contributed by atoms with Crippen LogP contribution in [0.2, 0.25) is 0 Å². The second-order valence-corrected chi connectivity index (χ2v) is 12.9. The number of aromatic nitrogens is 3. The standard InChI is InChI=1S/C43H31N3O/c1-2-8-26(9-3-1)35-24-20-29-18-19-30-21-25-36(45-42(30)41(29)44-35)27-14-16-28(17-15-27)40-34-23-22-32-31-10-5-7-13-38(31)47-43(32)39(34)33-11-4-6-12-37(33)46-40/h1-2,4-8,10-14,16-21,24-25,27H,3,9,15,22-23H2. The van der Waals surface area contributed by atoms with E-state index in [1.165, 1.54) is 33.2 Å². The Morgan fingerprint density at radius 2 is 1.49 bits per heavy atom. The Kier molecular flexibility index (Phi) is 5.92. The molecule has 224 valence electrons. The first kappa shape index (κ1) is 26.6. The Morgan fingerprint density at radius 1 is 0.702 bits per heavy atom. The number of allylic oxidation sites excluding steroid dienone is 8. The highest BCUT2D eigenvalue weighted by Crippen LogP contribution is 2.46. The second-order valence-electron chi connectivity index (χ2n) is 12.9. The summed E-state index contributed by atoms with van der Waals surface area (Å²) in [6.45, 7) is 0. The summed E-state index contributed by atoms with van der Waals surface area (Å²) in [7, 11) is 0. The highest BCUT2D eigenvalue weighted by molar-refractivity contribution is 6.04. The first-order valence-corrected chi connectivity index (χ1v) is 16.7. The van der Waals surface area contributed by atoms with Crippen molar-refractivity contribution in [2.45, 2.75) is 38.0 Å². The van der Waals surface area contributed by atoms with Crippen LogP contribution in [-0.2, 0) is 12.8 Å². The van der Waals surface area contributed by atoms with Crippen molar-refractivity contribution in [3.8, 4) is 11.3 Å². The number of benzene rings is 3. The first-order valence-electron chi connectivity index (χ1n) is 16.7. The van der Waals surface area contributed by atoms with Gasteiger partial charge in [0.1, 0.15) is 11.3 Å². The van der Waals surface area contributed by atoms with Crippen molar-refractivity contribution in [1.82, 2.24) is 15.0 Å². The van der Waals surface area contributed by atoms with Gasteiger partial charge in [-0.2, -0.15) is 0 Å². The van der Waals surface area contributed by atoms with Crippen LogP contribution in [0.4, 0.5) is 0 Å². The summed E-state index contributed by atoms with van der Waals surface area (Å²) < 4.78 is 6.57. The summed E-state index contributed by atoms with van der Waals surface area (Å²) in [5.74, 6) is 1.19. The molecule has 4 aromatic heterocycles. The summed E-state index contributed by atoms with van der Waals surface area (Å²) in [6, 6.07) is 29.9. The molecule has 0 N–H and O–H groups in total. The summed E-state index contributed by atoms with van der Waals surface area (Å²) in [6.07, 6.45) is 18.3. The van der Waals surface area contributed by atoms with Crippen molar-refractivity contribution in [3.05, 3.63) is 150 Å². The van der Waals surface area contributed by atoms with Gasteiger partial charge in [-0.05, 0) is 73.1 Å². The summed E-state index contributed by atoms with van der Waals surface area (Å²) >= 11 is 0. The number of nitrogens with zero attached hydrogens (tertiary/aromatic N) is 3. The van der Waals surface area contributed by atoms with Gasteiger partial charge in [0.2, 0.25) is 0 Å². The third kappa shape index (κ3) is 4.25. The van der Waals surface area contributed by atoms with Crippen molar-refractivity contribution in [2.24, 2.45) is 0 Å². The highest BCUT2D eigenvalue weighted by Gasteiger charge is 2.29. The van der Waals surface area contributed by atoms with Crippen LogP contribution < -0.4 is 0 Å². The van der Waals surface area contributed by atoms with Crippen molar-refractivity contribution in [3.63, 3.8) is 0 Å². The third-order valence-corrected chi connectivity index (χ3v) is 10.2. The SMILES string of the molecule is C1=CCCC(c2ccc3ccc4ccc(C5C=CC(c6nc7ccccc7c7c6CCc6c-7oc7ccccc67)=CC5)nc4c3n2)=C1. The lowest BCUT2D eigenvalue weighted by molar-refractivity contribution is 0.622.